The molecule has 0 fully saturated rings. The molecule has 1 aromatic heterocycles. The number of benzene rings is 2. The molecule has 1 aliphatic heterocycles. The topological polar surface area (TPSA) is 58.4 Å². The van der Waals surface area contributed by atoms with Crippen LogP contribution in [0.5, 0.6) is 0 Å². The van der Waals surface area contributed by atoms with Gasteiger partial charge in [-0.25, -0.2) is 8.42 Å². The Morgan fingerprint density at radius 1 is 0.931 bits per heavy atom. The fraction of sp³-hybridized carbons (Fsp3) is 0.318. The summed E-state index contributed by atoms with van der Waals surface area (Å²) < 4.78 is 30.9. The monoisotopic (exact) mass is 410 g/mol. The minimum atomic E-state index is -3.69. The Balaban J connectivity index is 1.84. The van der Waals surface area contributed by atoms with Crippen LogP contribution in [0.1, 0.15) is 16.7 Å². The van der Waals surface area contributed by atoms with Gasteiger partial charge < -0.3 is 4.90 Å². The highest BCUT2D eigenvalue weighted by atomic mass is 32.2. The number of para-hydroxylation sites is 1. The number of likely N-dealkylation sites (N-methyl/N-ethyl adjacent to an activating group) is 1. The molecule has 152 valence electrons. The van der Waals surface area contributed by atoms with E-state index in [0.717, 1.165) is 39.2 Å². The molecular formula is C22H26N4O2S. The second-order valence-corrected chi connectivity index (χ2v) is 9.58. The summed E-state index contributed by atoms with van der Waals surface area (Å²) in [7, 11) is 0.181. The maximum absolute atomic E-state index is 13.8. The molecule has 29 heavy (non-hydrogen) atoms. The first-order valence-corrected chi connectivity index (χ1v) is 11.1. The molecule has 0 saturated heterocycles. The lowest BCUT2D eigenvalue weighted by Crippen LogP contribution is -2.43. The number of sulfonamides is 1. The molecule has 0 radical (unpaired) electrons. The molecule has 0 spiro atoms. The van der Waals surface area contributed by atoms with Crippen LogP contribution in [0.3, 0.4) is 0 Å². The van der Waals surface area contributed by atoms with Crippen molar-refractivity contribution in [2.45, 2.75) is 25.7 Å². The summed E-state index contributed by atoms with van der Waals surface area (Å²) in [6, 6.07) is 9.79. The fourth-order valence-corrected chi connectivity index (χ4v) is 6.15. The standard InChI is InChI=1S/C22H26N4O2S/c1-15-7-6-8-20-21(15)26(10-9-24(20)4)29(27,28)22-16(2)11-18(12-17(22)3)19-13-23-25(5)14-19/h6-8,11-14H,9-10H2,1-5H3. The van der Waals surface area contributed by atoms with Crippen LogP contribution >= 0.6 is 0 Å². The maximum Gasteiger partial charge on any atom is 0.264 e. The first kappa shape index (κ1) is 19.5. The van der Waals surface area contributed by atoms with Gasteiger partial charge >= 0.3 is 0 Å². The SMILES string of the molecule is Cc1cccc2c1N(S(=O)(=O)c1c(C)cc(-c3cnn(C)c3)cc1C)CCN2C. The van der Waals surface area contributed by atoms with Gasteiger partial charge in [0.25, 0.3) is 10.0 Å². The van der Waals surface area contributed by atoms with Crippen LogP contribution in [0.2, 0.25) is 0 Å². The summed E-state index contributed by atoms with van der Waals surface area (Å²) >= 11 is 0. The zero-order valence-electron chi connectivity index (χ0n) is 17.5. The first-order valence-electron chi connectivity index (χ1n) is 9.64. The van der Waals surface area contributed by atoms with Crippen molar-refractivity contribution < 1.29 is 8.42 Å². The van der Waals surface area contributed by atoms with Crippen LogP contribution < -0.4 is 9.21 Å². The van der Waals surface area contributed by atoms with Crippen LogP contribution in [0.25, 0.3) is 11.1 Å². The Labute approximate surface area is 172 Å². The first-order chi connectivity index (χ1) is 13.7. The predicted octanol–water partition coefficient (Wildman–Crippen LogP) is 3.66. The number of aromatic nitrogens is 2. The summed E-state index contributed by atoms with van der Waals surface area (Å²) in [5.41, 5.74) is 6.12. The third-order valence-corrected chi connectivity index (χ3v) is 7.67. The summed E-state index contributed by atoms with van der Waals surface area (Å²) in [6.45, 7) is 6.79. The Morgan fingerprint density at radius 2 is 1.62 bits per heavy atom. The van der Waals surface area contributed by atoms with Gasteiger partial charge in [-0.05, 0) is 61.2 Å². The van der Waals surface area contributed by atoms with Gasteiger partial charge in [-0.15, -0.1) is 0 Å². The highest BCUT2D eigenvalue weighted by molar-refractivity contribution is 7.93. The van der Waals surface area contributed by atoms with E-state index in [-0.39, 0.29) is 0 Å². The van der Waals surface area contributed by atoms with E-state index in [0.29, 0.717) is 18.0 Å². The van der Waals surface area contributed by atoms with Crippen molar-refractivity contribution in [1.29, 1.82) is 0 Å². The average molecular weight is 411 g/mol. The second kappa shape index (κ2) is 6.91. The number of nitrogens with zero attached hydrogens (tertiary/aromatic N) is 4. The van der Waals surface area contributed by atoms with Gasteiger partial charge in [-0.1, -0.05) is 12.1 Å². The van der Waals surface area contributed by atoms with Crippen molar-refractivity contribution in [2.24, 2.45) is 7.05 Å². The summed E-state index contributed by atoms with van der Waals surface area (Å²) in [6.07, 6.45) is 3.73. The van der Waals surface area contributed by atoms with Gasteiger partial charge in [0.1, 0.15) is 0 Å². The van der Waals surface area contributed by atoms with Crippen LogP contribution in [-0.4, -0.2) is 38.3 Å². The third-order valence-electron chi connectivity index (χ3n) is 5.56. The maximum atomic E-state index is 13.8. The number of hydrogen-bond donors (Lipinski definition) is 0. The molecule has 0 unspecified atom stereocenters. The van der Waals surface area contributed by atoms with Crippen molar-refractivity contribution in [3.63, 3.8) is 0 Å². The van der Waals surface area contributed by atoms with Crippen molar-refractivity contribution >= 4 is 21.4 Å². The van der Waals surface area contributed by atoms with E-state index in [2.05, 4.69) is 10.00 Å². The van der Waals surface area contributed by atoms with Crippen molar-refractivity contribution in [3.8, 4) is 11.1 Å². The lowest BCUT2D eigenvalue weighted by Gasteiger charge is -2.37. The molecule has 0 N–H and O–H groups in total. The smallest absolute Gasteiger partial charge is 0.264 e. The number of aryl methyl sites for hydroxylation is 4. The van der Waals surface area contributed by atoms with Crippen molar-refractivity contribution in [1.82, 2.24) is 9.78 Å². The largest absolute Gasteiger partial charge is 0.371 e. The fourth-order valence-electron chi connectivity index (χ4n) is 4.19. The summed E-state index contributed by atoms with van der Waals surface area (Å²) in [5, 5.41) is 4.22. The van der Waals surface area contributed by atoms with Gasteiger partial charge in [0.05, 0.1) is 29.0 Å². The molecular weight excluding hydrogens is 384 g/mol. The van der Waals surface area contributed by atoms with Crippen molar-refractivity contribution in [3.05, 3.63) is 59.4 Å². The molecule has 6 nitrogen and oxygen atoms in total. The van der Waals surface area contributed by atoms with Gasteiger partial charge in [0.2, 0.25) is 0 Å². The summed E-state index contributed by atoms with van der Waals surface area (Å²) in [4.78, 5) is 2.50. The van der Waals surface area contributed by atoms with Crippen LogP contribution in [0, 0.1) is 20.8 Å². The molecule has 1 aliphatic rings. The quantitative estimate of drug-likeness (QED) is 0.661. The molecule has 0 saturated carbocycles. The van der Waals surface area contributed by atoms with E-state index in [9.17, 15) is 8.42 Å². The minimum absolute atomic E-state index is 0.392. The van der Waals surface area contributed by atoms with E-state index in [1.807, 2.05) is 71.4 Å². The van der Waals surface area contributed by atoms with Gasteiger partial charge in [0.15, 0.2) is 0 Å². The van der Waals surface area contributed by atoms with E-state index >= 15 is 0 Å². The van der Waals surface area contributed by atoms with Gasteiger partial charge in [0, 0.05) is 32.4 Å². The van der Waals surface area contributed by atoms with E-state index in [4.69, 9.17) is 0 Å². The molecule has 2 heterocycles. The number of anilines is 2. The number of rotatable bonds is 3. The Morgan fingerprint density at radius 3 is 2.24 bits per heavy atom. The molecule has 0 amide bonds. The molecule has 2 aromatic carbocycles. The van der Waals surface area contributed by atoms with Crippen LogP contribution in [0.4, 0.5) is 11.4 Å². The number of fused-ring (bicyclic) bond motifs is 1. The lowest BCUT2D eigenvalue weighted by molar-refractivity contribution is 0.588. The highest BCUT2D eigenvalue weighted by Gasteiger charge is 2.34. The van der Waals surface area contributed by atoms with E-state index in [1.165, 1.54) is 0 Å². The zero-order chi connectivity index (χ0) is 20.9. The third kappa shape index (κ3) is 3.19. The Bertz CT molecular complexity index is 1170. The lowest BCUT2D eigenvalue weighted by atomic mass is 10.0. The van der Waals surface area contributed by atoms with Gasteiger partial charge in [-0.3, -0.25) is 8.99 Å². The summed E-state index contributed by atoms with van der Waals surface area (Å²) in [5.74, 6) is 0. The van der Waals surface area contributed by atoms with Crippen LogP contribution in [0.15, 0.2) is 47.6 Å². The molecule has 0 bridgehead atoms. The second-order valence-electron chi connectivity index (χ2n) is 7.78. The molecule has 0 aliphatic carbocycles. The molecule has 0 atom stereocenters. The molecule has 3 aromatic rings. The van der Waals surface area contributed by atoms with Gasteiger partial charge in [-0.2, -0.15) is 5.10 Å². The molecule has 4 rings (SSSR count). The predicted molar refractivity (Wildman–Crippen MR) is 117 cm³/mol. The highest BCUT2D eigenvalue weighted by Crippen LogP contribution is 2.40. The van der Waals surface area contributed by atoms with Crippen molar-refractivity contribution in [2.75, 3.05) is 29.3 Å². The Hall–Kier alpha value is -2.80. The van der Waals surface area contributed by atoms with E-state index in [1.54, 1.807) is 15.2 Å². The Kier molecular flexibility index (Phi) is 4.65. The number of hydrogen-bond acceptors (Lipinski definition) is 4. The normalized spacial score (nSPS) is 14.2. The minimum Gasteiger partial charge on any atom is -0.371 e. The zero-order valence-corrected chi connectivity index (χ0v) is 18.3. The molecule has 7 heteroatoms. The van der Waals surface area contributed by atoms with Crippen LogP contribution in [-0.2, 0) is 17.1 Å². The average Bonchev–Trinajstić information content (AvgIpc) is 3.08. The van der Waals surface area contributed by atoms with E-state index < -0.39 is 10.0 Å².